The molecule has 0 atom stereocenters. The Bertz CT molecular complexity index is 333. The number of hydrogen-bond acceptors (Lipinski definition) is 4. The van der Waals surface area contributed by atoms with Crippen LogP contribution in [0.1, 0.15) is 44.7 Å². The summed E-state index contributed by atoms with van der Waals surface area (Å²) in [6.45, 7) is 5.38. The van der Waals surface area contributed by atoms with Crippen LogP contribution in [0.15, 0.2) is 6.20 Å². The van der Waals surface area contributed by atoms with Crippen LogP contribution in [-0.4, -0.2) is 34.2 Å². The molecule has 102 valence electrons. The van der Waals surface area contributed by atoms with E-state index in [9.17, 15) is 0 Å². The number of nitrogens with zero attached hydrogens (tertiary/aromatic N) is 3. The summed E-state index contributed by atoms with van der Waals surface area (Å²) >= 11 is 0. The molecule has 1 aliphatic rings. The van der Waals surface area contributed by atoms with Crippen LogP contribution in [-0.2, 0) is 17.8 Å². The topological polar surface area (TPSA) is 52.0 Å². The van der Waals surface area contributed by atoms with Crippen LogP contribution >= 0.6 is 0 Å². The molecule has 2 rings (SSSR count). The van der Waals surface area contributed by atoms with E-state index in [1.165, 1.54) is 32.1 Å². The maximum absolute atomic E-state index is 5.87. The summed E-state index contributed by atoms with van der Waals surface area (Å²) in [6, 6.07) is 0. The second-order valence-electron chi connectivity index (χ2n) is 4.88. The highest BCUT2D eigenvalue weighted by atomic mass is 16.5. The lowest BCUT2D eigenvalue weighted by atomic mass is 9.98. The summed E-state index contributed by atoms with van der Waals surface area (Å²) < 4.78 is 7.74. The van der Waals surface area contributed by atoms with Gasteiger partial charge in [-0.25, -0.2) is 4.68 Å². The van der Waals surface area contributed by atoms with E-state index in [1.807, 2.05) is 10.9 Å². The van der Waals surface area contributed by atoms with Gasteiger partial charge in [-0.05, 0) is 19.4 Å². The first kappa shape index (κ1) is 13.5. The highest BCUT2D eigenvalue weighted by Gasteiger charge is 2.13. The Morgan fingerprint density at radius 1 is 1.39 bits per heavy atom. The summed E-state index contributed by atoms with van der Waals surface area (Å²) in [5.74, 6) is 0. The van der Waals surface area contributed by atoms with Gasteiger partial charge in [0.2, 0.25) is 0 Å². The van der Waals surface area contributed by atoms with Gasteiger partial charge in [-0.1, -0.05) is 31.4 Å². The van der Waals surface area contributed by atoms with Gasteiger partial charge in [0.15, 0.2) is 0 Å². The van der Waals surface area contributed by atoms with Crippen molar-refractivity contribution in [2.45, 2.75) is 58.2 Å². The number of nitrogens with one attached hydrogen (secondary N) is 1. The van der Waals surface area contributed by atoms with E-state index in [2.05, 4.69) is 22.6 Å². The third-order valence-electron chi connectivity index (χ3n) is 3.37. The summed E-state index contributed by atoms with van der Waals surface area (Å²) in [7, 11) is 0. The molecular weight excluding hydrogens is 228 g/mol. The lowest BCUT2D eigenvalue weighted by Crippen LogP contribution is -2.19. The lowest BCUT2D eigenvalue weighted by Gasteiger charge is -2.21. The average Bonchev–Trinajstić information content (AvgIpc) is 2.85. The first-order valence-corrected chi connectivity index (χ1v) is 7.10. The molecule has 0 aliphatic heterocycles. The van der Waals surface area contributed by atoms with Gasteiger partial charge in [0.25, 0.3) is 0 Å². The molecule has 5 heteroatoms. The van der Waals surface area contributed by atoms with Crippen molar-refractivity contribution < 1.29 is 4.74 Å². The molecule has 0 unspecified atom stereocenters. The maximum atomic E-state index is 5.87. The van der Waals surface area contributed by atoms with Crippen LogP contribution in [0.25, 0.3) is 0 Å². The van der Waals surface area contributed by atoms with Crippen LogP contribution in [0, 0.1) is 0 Å². The quantitative estimate of drug-likeness (QED) is 0.803. The minimum absolute atomic E-state index is 0.475. The van der Waals surface area contributed by atoms with Gasteiger partial charge in [0.1, 0.15) is 0 Å². The van der Waals surface area contributed by atoms with Crippen molar-refractivity contribution in [1.82, 2.24) is 20.3 Å². The zero-order valence-electron chi connectivity index (χ0n) is 11.3. The summed E-state index contributed by atoms with van der Waals surface area (Å²) in [5.41, 5.74) is 0.995. The number of rotatable bonds is 7. The molecule has 1 aliphatic carbocycles. The Labute approximate surface area is 109 Å². The molecule has 0 spiro atoms. The minimum atomic E-state index is 0.475. The highest BCUT2D eigenvalue weighted by Crippen LogP contribution is 2.20. The summed E-state index contributed by atoms with van der Waals surface area (Å²) in [6.07, 6.45) is 8.93. The van der Waals surface area contributed by atoms with Gasteiger partial charge < -0.3 is 10.1 Å². The van der Waals surface area contributed by atoms with Crippen molar-refractivity contribution in [3.63, 3.8) is 0 Å². The average molecular weight is 252 g/mol. The number of aromatic nitrogens is 3. The largest absolute Gasteiger partial charge is 0.376 e. The van der Waals surface area contributed by atoms with Gasteiger partial charge in [0, 0.05) is 12.7 Å². The smallest absolute Gasteiger partial charge is 0.0964 e. The van der Waals surface area contributed by atoms with Gasteiger partial charge in [-0.2, -0.15) is 0 Å². The van der Waals surface area contributed by atoms with E-state index in [0.717, 1.165) is 31.9 Å². The van der Waals surface area contributed by atoms with Crippen LogP contribution in [0.4, 0.5) is 0 Å². The molecule has 1 N–H and O–H groups in total. The first-order chi connectivity index (χ1) is 8.88. The molecule has 1 aromatic heterocycles. The Kier molecular flexibility index (Phi) is 5.61. The molecule has 5 nitrogen and oxygen atoms in total. The fourth-order valence-corrected chi connectivity index (χ4v) is 2.33. The van der Waals surface area contributed by atoms with Gasteiger partial charge >= 0.3 is 0 Å². The molecule has 1 aromatic rings. The zero-order chi connectivity index (χ0) is 12.6. The van der Waals surface area contributed by atoms with Crippen LogP contribution in [0.5, 0.6) is 0 Å². The van der Waals surface area contributed by atoms with Crippen LogP contribution in [0.2, 0.25) is 0 Å². The molecule has 0 amide bonds. The molecule has 0 bridgehead atoms. The second-order valence-corrected chi connectivity index (χ2v) is 4.88. The van der Waals surface area contributed by atoms with E-state index in [0.29, 0.717) is 6.10 Å². The van der Waals surface area contributed by atoms with Crippen LogP contribution in [0.3, 0.4) is 0 Å². The molecule has 0 saturated heterocycles. The Balaban J connectivity index is 1.64. The Morgan fingerprint density at radius 3 is 3.00 bits per heavy atom. The summed E-state index contributed by atoms with van der Waals surface area (Å²) in [5, 5.41) is 11.5. The molecule has 1 heterocycles. The predicted molar refractivity (Wildman–Crippen MR) is 70.2 cm³/mol. The molecule has 18 heavy (non-hydrogen) atoms. The predicted octanol–water partition coefficient (Wildman–Crippen LogP) is 1.74. The SMILES string of the molecule is CCNCc1cn(CCOC2CCCCC2)nn1. The van der Waals surface area contributed by atoms with Crippen molar-refractivity contribution in [2.24, 2.45) is 0 Å². The van der Waals surface area contributed by atoms with E-state index >= 15 is 0 Å². The molecule has 0 aromatic carbocycles. The highest BCUT2D eigenvalue weighted by molar-refractivity contribution is 4.91. The van der Waals surface area contributed by atoms with Crippen molar-refractivity contribution >= 4 is 0 Å². The van der Waals surface area contributed by atoms with E-state index in [4.69, 9.17) is 4.74 Å². The fraction of sp³-hybridized carbons (Fsp3) is 0.846. The van der Waals surface area contributed by atoms with Crippen LogP contribution < -0.4 is 5.32 Å². The lowest BCUT2D eigenvalue weighted by molar-refractivity contribution is 0.0227. The monoisotopic (exact) mass is 252 g/mol. The molecule has 1 saturated carbocycles. The van der Waals surface area contributed by atoms with Crippen molar-refractivity contribution in [3.8, 4) is 0 Å². The fourth-order valence-electron chi connectivity index (χ4n) is 2.33. The van der Waals surface area contributed by atoms with Gasteiger partial charge in [0.05, 0.1) is 24.9 Å². The molecule has 0 radical (unpaired) electrons. The van der Waals surface area contributed by atoms with E-state index in [-0.39, 0.29) is 0 Å². The molecular formula is C13H24N4O. The van der Waals surface area contributed by atoms with Gasteiger partial charge in [-0.15, -0.1) is 5.10 Å². The van der Waals surface area contributed by atoms with Crippen molar-refractivity contribution in [2.75, 3.05) is 13.2 Å². The first-order valence-electron chi connectivity index (χ1n) is 7.10. The minimum Gasteiger partial charge on any atom is -0.376 e. The summed E-state index contributed by atoms with van der Waals surface area (Å²) in [4.78, 5) is 0. The Hall–Kier alpha value is -0.940. The maximum Gasteiger partial charge on any atom is 0.0964 e. The number of hydrogen-bond donors (Lipinski definition) is 1. The Morgan fingerprint density at radius 2 is 2.22 bits per heavy atom. The third-order valence-corrected chi connectivity index (χ3v) is 3.37. The van der Waals surface area contributed by atoms with E-state index in [1.54, 1.807) is 0 Å². The van der Waals surface area contributed by atoms with E-state index < -0.39 is 0 Å². The molecule has 1 fully saturated rings. The normalized spacial score (nSPS) is 17.2. The standard InChI is InChI=1S/C13H24N4O/c1-2-14-10-12-11-17(16-15-12)8-9-18-13-6-4-3-5-7-13/h11,13-14H,2-10H2,1H3. The van der Waals surface area contributed by atoms with Crippen molar-refractivity contribution in [1.29, 1.82) is 0 Å². The van der Waals surface area contributed by atoms with Crippen molar-refractivity contribution in [3.05, 3.63) is 11.9 Å². The number of ether oxygens (including phenoxy) is 1. The zero-order valence-corrected chi connectivity index (χ0v) is 11.3. The third kappa shape index (κ3) is 4.38. The second kappa shape index (κ2) is 7.48. The van der Waals surface area contributed by atoms with Gasteiger partial charge in [-0.3, -0.25) is 0 Å².